The number of nitrogens with zero attached hydrogens (tertiary/aromatic N) is 4. The van der Waals surface area contributed by atoms with E-state index in [-0.39, 0.29) is 5.69 Å². The Morgan fingerprint density at radius 2 is 1.80 bits per heavy atom. The van der Waals surface area contributed by atoms with Crippen molar-refractivity contribution in [3.8, 4) is 11.3 Å². The van der Waals surface area contributed by atoms with Gasteiger partial charge in [0.05, 0.1) is 16.0 Å². The summed E-state index contributed by atoms with van der Waals surface area (Å²) < 4.78 is 2.37. The monoisotopic (exact) mass is 474 g/mol. The van der Waals surface area contributed by atoms with E-state index in [0.717, 1.165) is 6.29 Å². The SMILES string of the molecule is CC(C)(C)n1nc(-c2ccc([N+](=O)[O-])cc2)c(C=O)c1Nc1cccc(Br)n1.CN. The second-order valence-corrected chi connectivity index (χ2v) is 7.90. The highest BCUT2D eigenvalue weighted by atomic mass is 79.9. The van der Waals surface area contributed by atoms with Crippen LogP contribution >= 0.6 is 15.9 Å². The van der Waals surface area contributed by atoms with Crippen molar-refractivity contribution in [3.05, 3.63) is 62.7 Å². The van der Waals surface area contributed by atoms with E-state index in [1.807, 2.05) is 26.8 Å². The van der Waals surface area contributed by atoms with E-state index in [1.165, 1.54) is 19.2 Å². The number of halogens is 1. The van der Waals surface area contributed by atoms with E-state index in [2.05, 4.69) is 37.1 Å². The molecule has 0 amide bonds. The molecule has 3 N–H and O–H groups in total. The first-order valence-electron chi connectivity index (χ1n) is 9.01. The molecule has 3 rings (SSSR count). The molecule has 10 heteroatoms. The maximum Gasteiger partial charge on any atom is 0.269 e. The van der Waals surface area contributed by atoms with Crippen molar-refractivity contribution in [2.45, 2.75) is 26.3 Å². The van der Waals surface area contributed by atoms with Crippen LogP contribution in [-0.2, 0) is 5.54 Å². The molecule has 0 aliphatic rings. The summed E-state index contributed by atoms with van der Waals surface area (Å²) in [6.45, 7) is 5.90. The lowest BCUT2D eigenvalue weighted by Gasteiger charge is -2.22. The number of aromatic nitrogens is 3. The number of benzene rings is 1. The lowest BCUT2D eigenvalue weighted by atomic mass is 10.1. The van der Waals surface area contributed by atoms with Gasteiger partial charge in [0.25, 0.3) is 5.69 Å². The van der Waals surface area contributed by atoms with Crippen molar-refractivity contribution >= 4 is 39.5 Å². The van der Waals surface area contributed by atoms with Crippen LogP contribution in [-0.4, -0.2) is 33.0 Å². The number of nitrogens with two attached hydrogens (primary N) is 1. The van der Waals surface area contributed by atoms with Crippen LogP contribution in [0, 0.1) is 10.1 Å². The first-order valence-corrected chi connectivity index (χ1v) is 9.81. The van der Waals surface area contributed by atoms with Crippen molar-refractivity contribution in [1.82, 2.24) is 14.8 Å². The number of nitro groups is 1. The van der Waals surface area contributed by atoms with Gasteiger partial charge in [0.1, 0.15) is 21.9 Å². The molecular weight excluding hydrogens is 452 g/mol. The molecular formula is C20H23BrN6O3. The van der Waals surface area contributed by atoms with Crippen LogP contribution in [0.25, 0.3) is 11.3 Å². The number of aldehydes is 1. The molecule has 9 nitrogen and oxygen atoms in total. The Kier molecular flexibility index (Phi) is 7.41. The van der Waals surface area contributed by atoms with Crippen molar-refractivity contribution < 1.29 is 9.72 Å². The summed E-state index contributed by atoms with van der Waals surface area (Å²) in [4.78, 5) is 26.7. The van der Waals surface area contributed by atoms with Crippen LogP contribution in [0.5, 0.6) is 0 Å². The fourth-order valence-electron chi connectivity index (χ4n) is 2.70. The predicted molar refractivity (Wildman–Crippen MR) is 120 cm³/mol. The van der Waals surface area contributed by atoms with Gasteiger partial charge in [-0.2, -0.15) is 5.10 Å². The Morgan fingerprint density at radius 3 is 2.30 bits per heavy atom. The number of carbonyl (C=O) groups is 1. The molecule has 1 aromatic carbocycles. The molecule has 0 atom stereocenters. The zero-order valence-corrected chi connectivity index (χ0v) is 18.7. The summed E-state index contributed by atoms with van der Waals surface area (Å²) in [6, 6.07) is 11.4. The molecule has 0 bridgehead atoms. The summed E-state index contributed by atoms with van der Waals surface area (Å²) in [5.41, 5.74) is 5.46. The van der Waals surface area contributed by atoms with Gasteiger partial charge >= 0.3 is 0 Å². The summed E-state index contributed by atoms with van der Waals surface area (Å²) in [5, 5.41) is 18.7. The first kappa shape index (κ1) is 23.2. The van der Waals surface area contributed by atoms with E-state index in [0.29, 0.717) is 33.1 Å². The van der Waals surface area contributed by atoms with E-state index >= 15 is 0 Å². The highest BCUT2D eigenvalue weighted by molar-refractivity contribution is 9.10. The molecule has 2 heterocycles. The van der Waals surface area contributed by atoms with Crippen molar-refractivity contribution in [2.24, 2.45) is 5.73 Å². The Morgan fingerprint density at radius 1 is 1.17 bits per heavy atom. The molecule has 0 unspecified atom stereocenters. The van der Waals surface area contributed by atoms with Gasteiger partial charge in [-0.25, -0.2) is 9.67 Å². The fraction of sp³-hybridized carbons (Fsp3) is 0.250. The minimum atomic E-state index is -0.468. The zero-order valence-electron chi connectivity index (χ0n) is 17.1. The minimum Gasteiger partial charge on any atom is -0.333 e. The van der Waals surface area contributed by atoms with Gasteiger partial charge in [-0.05, 0) is 68.0 Å². The number of nitrogens with one attached hydrogen (secondary N) is 1. The quantitative estimate of drug-likeness (QED) is 0.241. The van der Waals surface area contributed by atoms with Crippen LogP contribution in [0.4, 0.5) is 17.3 Å². The Bertz CT molecular complexity index is 1040. The number of pyridine rings is 1. The molecule has 0 saturated heterocycles. The van der Waals surface area contributed by atoms with Gasteiger partial charge in [-0.3, -0.25) is 14.9 Å². The van der Waals surface area contributed by atoms with Crippen LogP contribution < -0.4 is 11.1 Å². The third-order valence-corrected chi connectivity index (χ3v) is 4.43. The van der Waals surface area contributed by atoms with E-state index in [9.17, 15) is 14.9 Å². The average molecular weight is 475 g/mol. The number of carbonyl (C=O) groups excluding carboxylic acids is 1. The lowest BCUT2D eigenvalue weighted by Crippen LogP contribution is -2.25. The fourth-order valence-corrected chi connectivity index (χ4v) is 3.04. The van der Waals surface area contributed by atoms with Crippen molar-refractivity contribution in [2.75, 3.05) is 12.4 Å². The number of hydrogen-bond acceptors (Lipinski definition) is 7. The second kappa shape index (κ2) is 9.59. The third-order valence-electron chi connectivity index (χ3n) is 3.99. The molecule has 30 heavy (non-hydrogen) atoms. The predicted octanol–water partition coefficient (Wildman–Crippen LogP) is 4.50. The minimum absolute atomic E-state index is 0.0247. The van der Waals surface area contributed by atoms with Crippen LogP contribution in [0.1, 0.15) is 31.1 Å². The number of nitro benzene ring substituents is 1. The number of rotatable bonds is 5. The Labute approximate surface area is 182 Å². The maximum absolute atomic E-state index is 12.0. The third kappa shape index (κ3) is 5.08. The van der Waals surface area contributed by atoms with Gasteiger partial charge < -0.3 is 11.1 Å². The van der Waals surface area contributed by atoms with Gasteiger partial charge in [-0.1, -0.05) is 6.07 Å². The molecule has 0 spiro atoms. The lowest BCUT2D eigenvalue weighted by molar-refractivity contribution is -0.384. The molecule has 158 valence electrons. The summed E-state index contributed by atoms with van der Waals surface area (Å²) in [7, 11) is 1.50. The topological polar surface area (TPSA) is 129 Å². The Hall–Kier alpha value is -3.11. The summed E-state index contributed by atoms with van der Waals surface area (Å²) in [5.74, 6) is 1.06. The highest BCUT2D eigenvalue weighted by Gasteiger charge is 2.26. The van der Waals surface area contributed by atoms with Gasteiger partial charge in [0.15, 0.2) is 6.29 Å². The first-order chi connectivity index (χ1) is 14.2. The smallest absolute Gasteiger partial charge is 0.269 e. The highest BCUT2D eigenvalue weighted by Crippen LogP contribution is 2.34. The average Bonchev–Trinajstić information content (AvgIpc) is 3.08. The van der Waals surface area contributed by atoms with Crippen LogP contribution in [0.3, 0.4) is 0 Å². The van der Waals surface area contributed by atoms with E-state index < -0.39 is 10.5 Å². The van der Waals surface area contributed by atoms with Crippen molar-refractivity contribution in [3.63, 3.8) is 0 Å². The largest absolute Gasteiger partial charge is 0.333 e. The molecule has 0 radical (unpaired) electrons. The number of non-ortho nitro benzene ring substituents is 1. The van der Waals surface area contributed by atoms with Gasteiger partial charge in [0, 0.05) is 17.7 Å². The van der Waals surface area contributed by atoms with Crippen molar-refractivity contribution in [1.29, 1.82) is 0 Å². The number of anilines is 2. The maximum atomic E-state index is 12.0. The molecule has 2 aromatic heterocycles. The molecule has 0 fully saturated rings. The second-order valence-electron chi connectivity index (χ2n) is 7.09. The number of hydrogen-bond donors (Lipinski definition) is 2. The standard InChI is InChI=1S/C19H18BrN5O3.CH5N/c1-19(2,3)24-18(22-16-6-4-5-15(20)21-16)14(11-26)17(23-24)12-7-9-13(10-8-12)25(27)28;1-2/h4-11H,1-3H3,(H,21,22);2H2,1H3. The molecule has 0 aliphatic heterocycles. The summed E-state index contributed by atoms with van der Waals surface area (Å²) >= 11 is 3.33. The molecule has 0 saturated carbocycles. The van der Waals surface area contributed by atoms with Crippen LogP contribution in [0.2, 0.25) is 0 Å². The van der Waals surface area contributed by atoms with E-state index in [4.69, 9.17) is 0 Å². The van der Waals surface area contributed by atoms with Gasteiger partial charge in [-0.15, -0.1) is 0 Å². The summed E-state index contributed by atoms with van der Waals surface area (Å²) in [6.07, 6.45) is 0.728. The van der Waals surface area contributed by atoms with Gasteiger partial charge in [0.2, 0.25) is 0 Å². The normalized spacial score (nSPS) is 10.7. The Balaban J connectivity index is 0.00000155. The van der Waals surface area contributed by atoms with Crippen LogP contribution in [0.15, 0.2) is 47.1 Å². The molecule has 3 aromatic rings. The van der Waals surface area contributed by atoms with E-state index in [1.54, 1.807) is 28.9 Å². The zero-order chi connectivity index (χ0) is 22.5. The molecule has 0 aliphatic carbocycles.